The number of amides is 1. The Kier molecular flexibility index (Phi) is 7.23. The number of benzene rings is 2. The van der Waals surface area contributed by atoms with E-state index in [0.29, 0.717) is 37.3 Å². The van der Waals surface area contributed by atoms with E-state index in [9.17, 15) is 9.18 Å². The minimum Gasteiger partial charge on any atom is -0.493 e. The summed E-state index contributed by atoms with van der Waals surface area (Å²) in [5, 5.41) is 2.83. The number of carbonyl (C=O) groups is 1. The first-order chi connectivity index (χ1) is 15.1. The molecule has 0 bridgehead atoms. The van der Waals surface area contributed by atoms with Gasteiger partial charge in [0.25, 0.3) is 5.91 Å². The molecule has 31 heavy (non-hydrogen) atoms. The highest BCUT2D eigenvalue weighted by molar-refractivity contribution is 5.94. The normalized spacial score (nSPS) is 17.9. The van der Waals surface area contributed by atoms with Gasteiger partial charge in [-0.3, -0.25) is 9.69 Å². The van der Waals surface area contributed by atoms with Crippen molar-refractivity contribution < 1.29 is 13.9 Å². The van der Waals surface area contributed by atoms with Crippen molar-refractivity contribution in [1.29, 1.82) is 0 Å². The second kappa shape index (κ2) is 10.3. The second-order valence-electron chi connectivity index (χ2n) is 8.92. The van der Waals surface area contributed by atoms with Gasteiger partial charge in [0.15, 0.2) is 0 Å². The minimum atomic E-state index is -0.540. The maximum atomic E-state index is 14.3. The Bertz CT molecular complexity index is 873. The smallest absolute Gasteiger partial charge is 0.254 e. The number of nitrogens with zero attached hydrogens (tertiary/aromatic N) is 1. The lowest BCUT2D eigenvalue weighted by atomic mass is 10.0. The molecule has 2 aromatic carbocycles. The van der Waals surface area contributed by atoms with Crippen molar-refractivity contribution in [3.05, 3.63) is 65.0 Å². The number of halogens is 1. The van der Waals surface area contributed by atoms with E-state index in [1.165, 1.54) is 68.5 Å². The molecular formula is C26H33FN2O2. The minimum absolute atomic E-state index is 0.0597. The summed E-state index contributed by atoms with van der Waals surface area (Å²) in [6.45, 7) is 5.73. The SMILES string of the molecule is CC(c1ccc(CCNC(=O)c2ccc(OCC3CC3)cc2F)cc1)N1CCCCC1. The van der Waals surface area contributed by atoms with Gasteiger partial charge < -0.3 is 10.1 Å². The standard InChI is InChI=1S/C26H33FN2O2/c1-19(29-15-3-2-4-16-29)22-9-7-20(8-10-22)13-14-28-26(30)24-12-11-23(17-25(24)27)31-18-21-5-6-21/h7-12,17,19,21H,2-6,13-16,18H2,1H3,(H,28,30). The lowest BCUT2D eigenvalue weighted by molar-refractivity contribution is 0.0950. The van der Waals surface area contributed by atoms with Crippen molar-refractivity contribution in [2.24, 2.45) is 5.92 Å². The fourth-order valence-electron chi connectivity index (χ4n) is 4.16. The lowest BCUT2D eigenvalue weighted by Gasteiger charge is -2.32. The molecule has 2 fully saturated rings. The van der Waals surface area contributed by atoms with Gasteiger partial charge in [-0.25, -0.2) is 4.39 Å². The third-order valence-electron chi connectivity index (χ3n) is 6.47. The average Bonchev–Trinajstić information content (AvgIpc) is 3.63. The van der Waals surface area contributed by atoms with Crippen LogP contribution in [-0.2, 0) is 6.42 Å². The maximum absolute atomic E-state index is 14.3. The highest BCUT2D eigenvalue weighted by Crippen LogP contribution is 2.30. The molecule has 166 valence electrons. The highest BCUT2D eigenvalue weighted by Gasteiger charge is 2.22. The van der Waals surface area contributed by atoms with E-state index in [0.717, 1.165) is 0 Å². The Hall–Kier alpha value is -2.40. The molecule has 1 saturated carbocycles. The quantitative estimate of drug-likeness (QED) is 0.606. The van der Waals surface area contributed by atoms with E-state index in [1.807, 2.05) is 0 Å². The summed E-state index contributed by atoms with van der Waals surface area (Å²) < 4.78 is 19.9. The van der Waals surface area contributed by atoms with Gasteiger partial charge in [-0.15, -0.1) is 0 Å². The molecule has 4 rings (SSSR count). The Morgan fingerprint density at radius 2 is 1.87 bits per heavy atom. The van der Waals surface area contributed by atoms with Crippen molar-refractivity contribution in [3.8, 4) is 5.75 Å². The van der Waals surface area contributed by atoms with Crippen LogP contribution in [0.15, 0.2) is 42.5 Å². The summed E-state index contributed by atoms with van der Waals surface area (Å²) in [5.41, 5.74) is 2.56. The zero-order valence-corrected chi connectivity index (χ0v) is 18.4. The van der Waals surface area contributed by atoms with Crippen LogP contribution in [-0.4, -0.2) is 37.0 Å². The Labute approximate surface area is 184 Å². The molecule has 4 nitrogen and oxygen atoms in total. The molecule has 1 atom stereocenters. The van der Waals surface area contributed by atoms with Crippen LogP contribution in [0.1, 0.15) is 66.6 Å². The predicted molar refractivity (Wildman–Crippen MR) is 121 cm³/mol. The Morgan fingerprint density at radius 1 is 1.13 bits per heavy atom. The number of nitrogens with one attached hydrogen (secondary N) is 1. The van der Waals surface area contributed by atoms with Crippen molar-refractivity contribution in [3.63, 3.8) is 0 Å². The number of piperidine rings is 1. The first kappa shape index (κ1) is 21.8. The van der Waals surface area contributed by atoms with E-state index in [1.54, 1.807) is 6.07 Å². The summed E-state index contributed by atoms with van der Waals surface area (Å²) in [7, 11) is 0. The second-order valence-corrected chi connectivity index (χ2v) is 8.92. The number of hydrogen-bond acceptors (Lipinski definition) is 3. The summed E-state index contributed by atoms with van der Waals surface area (Å²) in [5.74, 6) is 0.163. The van der Waals surface area contributed by atoms with Crippen LogP contribution in [0, 0.1) is 11.7 Å². The zero-order valence-electron chi connectivity index (χ0n) is 18.4. The number of likely N-dealkylation sites (tertiary alicyclic amines) is 1. The van der Waals surface area contributed by atoms with E-state index in [2.05, 4.69) is 41.4 Å². The van der Waals surface area contributed by atoms with Gasteiger partial charge >= 0.3 is 0 Å². The molecule has 1 N–H and O–H groups in total. The van der Waals surface area contributed by atoms with Gasteiger partial charge in [0, 0.05) is 18.7 Å². The molecule has 1 saturated heterocycles. The molecule has 1 heterocycles. The average molecular weight is 425 g/mol. The summed E-state index contributed by atoms with van der Waals surface area (Å²) in [6, 6.07) is 13.6. The lowest BCUT2D eigenvalue weighted by Crippen LogP contribution is -2.32. The predicted octanol–water partition coefficient (Wildman–Crippen LogP) is 5.13. The van der Waals surface area contributed by atoms with Gasteiger partial charge in [0.1, 0.15) is 11.6 Å². The molecular weight excluding hydrogens is 391 g/mol. The van der Waals surface area contributed by atoms with Gasteiger partial charge in [0.05, 0.1) is 12.2 Å². The van der Waals surface area contributed by atoms with Crippen LogP contribution in [0.2, 0.25) is 0 Å². The first-order valence-electron chi connectivity index (χ1n) is 11.6. The van der Waals surface area contributed by atoms with Crippen molar-refractivity contribution >= 4 is 5.91 Å². The molecule has 1 amide bonds. The van der Waals surface area contributed by atoms with E-state index in [-0.39, 0.29) is 11.5 Å². The van der Waals surface area contributed by atoms with Crippen LogP contribution in [0.4, 0.5) is 4.39 Å². The molecule has 5 heteroatoms. The van der Waals surface area contributed by atoms with E-state index < -0.39 is 5.82 Å². The Morgan fingerprint density at radius 3 is 2.55 bits per heavy atom. The van der Waals surface area contributed by atoms with Crippen LogP contribution < -0.4 is 10.1 Å². The van der Waals surface area contributed by atoms with Gasteiger partial charge in [0.2, 0.25) is 0 Å². The molecule has 0 spiro atoms. The zero-order chi connectivity index (χ0) is 21.6. The molecule has 1 aliphatic heterocycles. The number of hydrogen-bond donors (Lipinski definition) is 1. The molecule has 0 aromatic heterocycles. The van der Waals surface area contributed by atoms with Crippen LogP contribution in [0.25, 0.3) is 0 Å². The largest absolute Gasteiger partial charge is 0.493 e. The molecule has 0 radical (unpaired) electrons. The fraction of sp³-hybridized carbons (Fsp3) is 0.500. The molecule has 1 aliphatic carbocycles. The van der Waals surface area contributed by atoms with E-state index >= 15 is 0 Å². The third kappa shape index (κ3) is 6.07. The van der Waals surface area contributed by atoms with Crippen LogP contribution in [0.5, 0.6) is 5.75 Å². The number of carbonyl (C=O) groups excluding carboxylic acids is 1. The molecule has 2 aliphatic rings. The van der Waals surface area contributed by atoms with Crippen molar-refractivity contribution in [2.45, 2.75) is 51.5 Å². The summed E-state index contributed by atoms with van der Waals surface area (Å²) in [4.78, 5) is 14.9. The van der Waals surface area contributed by atoms with E-state index in [4.69, 9.17) is 4.74 Å². The van der Waals surface area contributed by atoms with Gasteiger partial charge in [-0.05, 0) is 81.3 Å². The molecule has 2 aromatic rings. The van der Waals surface area contributed by atoms with Crippen LogP contribution in [0.3, 0.4) is 0 Å². The topological polar surface area (TPSA) is 41.6 Å². The summed E-state index contributed by atoms with van der Waals surface area (Å²) >= 11 is 0. The van der Waals surface area contributed by atoms with Crippen LogP contribution >= 0.6 is 0 Å². The first-order valence-corrected chi connectivity index (χ1v) is 11.6. The summed E-state index contributed by atoms with van der Waals surface area (Å²) in [6.07, 6.45) is 7.01. The third-order valence-corrected chi connectivity index (χ3v) is 6.47. The highest BCUT2D eigenvalue weighted by atomic mass is 19.1. The Balaban J connectivity index is 1.24. The van der Waals surface area contributed by atoms with Gasteiger partial charge in [-0.1, -0.05) is 30.7 Å². The van der Waals surface area contributed by atoms with Crippen molar-refractivity contribution in [1.82, 2.24) is 10.2 Å². The van der Waals surface area contributed by atoms with Gasteiger partial charge in [-0.2, -0.15) is 0 Å². The monoisotopic (exact) mass is 424 g/mol. The number of ether oxygens (including phenoxy) is 1. The fourth-order valence-corrected chi connectivity index (χ4v) is 4.16. The van der Waals surface area contributed by atoms with Crippen molar-refractivity contribution in [2.75, 3.05) is 26.2 Å². The molecule has 1 unspecified atom stereocenters. The maximum Gasteiger partial charge on any atom is 0.254 e. The number of rotatable bonds is 9.